The maximum Gasteiger partial charge on any atom is 0.222 e. The zero-order valence-electron chi connectivity index (χ0n) is 9.68. The molecular formula is C12H11N4O2-. The lowest BCUT2D eigenvalue weighted by Gasteiger charge is -2.12. The summed E-state index contributed by atoms with van der Waals surface area (Å²) < 4.78 is 0. The van der Waals surface area contributed by atoms with E-state index in [9.17, 15) is 9.90 Å². The number of anilines is 3. The molecular weight excluding hydrogens is 232 g/mol. The van der Waals surface area contributed by atoms with Crippen molar-refractivity contribution in [3.05, 3.63) is 41.6 Å². The summed E-state index contributed by atoms with van der Waals surface area (Å²) in [6, 6.07) is 8.08. The molecule has 2 aromatic rings. The Balaban J connectivity index is 2.37. The second kappa shape index (κ2) is 4.70. The molecule has 92 valence electrons. The van der Waals surface area contributed by atoms with Crippen LogP contribution in [0.2, 0.25) is 0 Å². The largest absolute Gasteiger partial charge is 0.545 e. The van der Waals surface area contributed by atoms with E-state index in [-0.39, 0.29) is 11.5 Å². The first-order chi connectivity index (χ1) is 8.56. The van der Waals surface area contributed by atoms with E-state index < -0.39 is 5.97 Å². The number of nitrogen functional groups attached to an aromatic ring is 1. The van der Waals surface area contributed by atoms with Crippen molar-refractivity contribution in [2.24, 2.45) is 0 Å². The molecule has 2 rings (SSSR count). The van der Waals surface area contributed by atoms with Gasteiger partial charge in [-0.1, -0.05) is 18.2 Å². The molecule has 0 aliphatic carbocycles. The van der Waals surface area contributed by atoms with E-state index in [1.165, 1.54) is 6.07 Å². The van der Waals surface area contributed by atoms with Gasteiger partial charge in [0.25, 0.3) is 0 Å². The Kier molecular flexibility index (Phi) is 3.09. The molecule has 6 nitrogen and oxygen atoms in total. The van der Waals surface area contributed by atoms with Crippen LogP contribution in [0, 0.1) is 6.92 Å². The van der Waals surface area contributed by atoms with Gasteiger partial charge in [0.05, 0.1) is 5.97 Å². The molecule has 6 heteroatoms. The summed E-state index contributed by atoms with van der Waals surface area (Å²) in [5.41, 5.74) is 6.67. The zero-order valence-corrected chi connectivity index (χ0v) is 9.68. The minimum absolute atomic E-state index is 0.0623. The Hall–Kier alpha value is -2.63. The molecule has 0 saturated heterocycles. The van der Waals surface area contributed by atoms with Crippen LogP contribution in [0.3, 0.4) is 0 Å². The van der Waals surface area contributed by atoms with Crippen molar-refractivity contribution < 1.29 is 9.90 Å². The fourth-order valence-corrected chi connectivity index (χ4v) is 1.56. The Bertz CT molecular complexity index is 578. The Morgan fingerprint density at radius 1 is 1.33 bits per heavy atom. The van der Waals surface area contributed by atoms with E-state index in [0.717, 1.165) is 0 Å². The second-order valence-electron chi connectivity index (χ2n) is 3.71. The second-order valence-corrected chi connectivity index (χ2v) is 3.71. The first-order valence-electron chi connectivity index (χ1n) is 5.25. The summed E-state index contributed by atoms with van der Waals surface area (Å²) in [4.78, 5) is 18.8. The van der Waals surface area contributed by atoms with Crippen LogP contribution in [0.25, 0.3) is 0 Å². The van der Waals surface area contributed by atoms with Crippen LogP contribution >= 0.6 is 0 Å². The zero-order chi connectivity index (χ0) is 13.1. The van der Waals surface area contributed by atoms with Crippen molar-refractivity contribution in [2.45, 2.75) is 6.92 Å². The van der Waals surface area contributed by atoms with Crippen LogP contribution < -0.4 is 16.2 Å². The molecule has 0 aliphatic heterocycles. The lowest BCUT2D eigenvalue weighted by atomic mass is 10.2. The third-order valence-corrected chi connectivity index (χ3v) is 2.28. The Labute approximate surface area is 104 Å². The summed E-state index contributed by atoms with van der Waals surface area (Å²) >= 11 is 0. The number of nitrogens with one attached hydrogen (secondary N) is 1. The molecule has 18 heavy (non-hydrogen) atoms. The molecule has 0 atom stereocenters. The van der Waals surface area contributed by atoms with Gasteiger partial charge in [0.2, 0.25) is 5.95 Å². The number of aryl methyl sites for hydroxylation is 1. The molecule has 1 aromatic heterocycles. The molecule has 0 fully saturated rings. The molecule has 0 aliphatic rings. The van der Waals surface area contributed by atoms with E-state index in [0.29, 0.717) is 17.2 Å². The molecule has 3 N–H and O–H groups in total. The third kappa shape index (κ3) is 2.54. The Morgan fingerprint density at radius 3 is 2.72 bits per heavy atom. The van der Waals surface area contributed by atoms with Gasteiger partial charge in [-0.2, -0.15) is 4.98 Å². The first kappa shape index (κ1) is 11.8. The molecule has 0 unspecified atom stereocenters. The maximum atomic E-state index is 10.9. The predicted molar refractivity (Wildman–Crippen MR) is 65.2 cm³/mol. The molecule has 0 spiro atoms. The fraction of sp³-hybridized carbons (Fsp3) is 0.0833. The van der Waals surface area contributed by atoms with Crippen molar-refractivity contribution in [1.29, 1.82) is 0 Å². The molecule has 0 amide bonds. The minimum Gasteiger partial charge on any atom is -0.545 e. The number of nitrogens with zero attached hydrogens (tertiary/aromatic N) is 2. The van der Waals surface area contributed by atoms with Gasteiger partial charge in [-0.3, -0.25) is 0 Å². The summed E-state index contributed by atoms with van der Waals surface area (Å²) in [6.45, 7) is 1.77. The highest BCUT2D eigenvalue weighted by molar-refractivity contribution is 5.93. The van der Waals surface area contributed by atoms with Gasteiger partial charge in [-0.25, -0.2) is 4.98 Å². The molecule has 1 heterocycles. The van der Waals surface area contributed by atoms with Crippen molar-refractivity contribution in [1.82, 2.24) is 9.97 Å². The van der Waals surface area contributed by atoms with Crippen molar-refractivity contribution >= 4 is 23.4 Å². The minimum atomic E-state index is -1.25. The van der Waals surface area contributed by atoms with E-state index in [1.807, 2.05) is 0 Å². The summed E-state index contributed by atoms with van der Waals surface area (Å²) in [5, 5.41) is 13.8. The van der Waals surface area contributed by atoms with Gasteiger partial charge in [0.15, 0.2) is 0 Å². The number of benzene rings is 1. The number of hydrogen-bond acceptors (Lipinski definition) is 6. The highest BCUT2D eigenvalue weighted by Gasteiger charge is 2.05. The Morgan fingerprint density at radius 2 is 2.06 bits per heavy atom. The summed E-state index contributed by atoms with van der Waals surface area (Å²) in [7, 11) is 0. The van der Waals surface area contributed by atoms with Crippen molar-refractivity contribution in [2.75, 3.05) is 11.1 Å². The quantitative estimate of drug-likeness (QED) is 0.812. The number of aromatic carboxylic acids is 1. The molecule has 0 radical (unpaired) electrons. The highest BCUT2D eigenvalue weighted by Crippen LogP contribution is 2.19. The lowest BCUT2D eigenvalue weighted by molar-refractivity contribution is -0.254. The fourth-order valence-electron chi connectivity index (χ4n) is 1.56. The van der Waals surface area contributed by atoms with E-state index in [1.54, 1.807) is 31.2 Å². The number of aromatic nitrogens is 2. The van der Waals surface area contributed by atoms with Gasteiger partial charge in [0, 0.05) is 23.0 Å². The third-order valence-electron chi connectivity index (χ3n) is 2.28. The van der Waals surface area contributed by atoms with Crippen LogP contribution in [0.4, 0.5) is 17.5 Å². The van der Waals surface area contributed by atoms with Crippen LogP contribution in [-0.2, 0) is 0 Å². The number of rotatable bonds is 3. The summed E-state index contributed by atoms with van der Waals surface area (Å²) in [5.74, 6) is -0.686. The topological polar surface area (TPSA) is 104 Å². The normalized spacial score (nSPS) is 10.1. The average Bonchev–Trinajstić information content (AvgIpc) is 2.27. The van der Waals surface area contributed by atoms with Gasteiger partial charge in [-0.15, -0.1) is 0 Å². The number of carboxylic acid groups (broad SMARTS) is 1. The maximum absolute atomic E-state index is 10.9. The SMILES string of the molecule is Cc1cc(Nc2ccccc2C(=O)[O-])nc(N)n1. The van der Waals surface area contributed by atoms with E-state index in [4.69, 9.17) is 5.73 Å². The number of nitrogens with two attached hydrogens (primary N) is 1. The van der Waals surface area contributed by atoms with Crippen LogP contribution in [-0.4, -0.2) is 15.9 Å². The van der Waals surface area contributed by atoms with Crippen LogP contribution in [0.15, 0.2) is 30.3 Å². The monoisotopic (exact) mass is 243 g/mol. The van der Waals surface area contributed by atoms with Crippen molar-refractivity contribution in [3.8, 4) is 0 Å². The van der Waals surface area contributed by atoms with Crippen LogP contribution in [0.1, 0.15) is 16.1 Å². The summed E-state index contributed by atoms with van der Waals surface area (Å²) in [6.07, 6.45) is 0. The highest BCUT2D eigenvalue weighted by atomic mass is 16.4. The number of para-hydroxylation sites is 1. The van der Waals surface area contributed by atoms with Gasteiger partial charge >= 0.3 is 0 Å². The first-order valence-corrected chi connectivity index (χ1v) is 5.25. The van der Waals surface area contributed by atoms with E-state index >= 15 is 0 Å². The smallest absolute Gasteiger partial charge is 0.222 e. The molecule has 1 aromatic carbocycles. The molecule has 0 saturated carbocycles. The van der Waals surface area contributed by atoms with Gasteiger partial charge < -0.3 is 21.0 Å². The predicted octanol–water partition coefficient (Wildman–Crippen LogP) is 0.474. The van der Waals surface area contributed by atoms with Crippen LogP contribution in [0.5, 0.6) is 0 Å². The molecule has 0 bridgehead atoms. The van der Waals surface area contributed by atoms with Gasteiger partial charge in [0.1, 0.15) is 5.82 Å². The standard InChI is InChI=1S/C12H12N4O2/c1-7-6-10(16-12(13)14-7)15-9-5-3-2-4-8(9)11(17)18/h2-6H,1H3,(H,17,18)(H3,13,14,15,16)/p-1. The number of carboxylic acids is 1. The number of carbonyl (C=O) groups is 1. The van der Waals surface area contributed by atoms with E-state index in [2.05, 4.69) is 15.3 Å². The number of carbonyl (C=O) groups excluding carboxylic acids is 1. The van der Waals surface area contributed by atoms with Crippen molar-refractivity contribution in [3.63, 3.8) is 0 Å². The number of hydrogen-bond donors (Lipinski definition) is 2. The average molecular weight is 243 g/mol. The van der Waals surface area contributed by atoms with Gasteiger partial charge in [-0.05, 0) is 13.0 Å². The lowest BCUT2D eigenvalue weighted by Crippen LogP contribution is -2.23.